The highest BCUT2D eigenvalue weighted by Gasteiger charge is 2.13. The molecule has 0 unspecified atom stereocenters. The molecule has 0 aromatic heterocycles. The maximum absolute atomic E-state index is 10.9. The fourth-order valence-corrected chi connectivity index (χ4v) is 1.60. The number of nitro benzene ring substituents is 1. The number of aldehydes is 1. The molecule has 0 aliphatic rings. The second-order valence-electron chi connectivity index (χ2n) is 4.87. The van der Waals surface area contributed by atoms with Crippen molar-refractivity contribution >= 4 is 17.7 Å². The van der Waals surface area contributed by atoms with Crippen LogP contribution in [0.5, 0.6) is 0 Å². The van der Waals surface area contributed by atoms with Gasteiger partial charge in [0.2, 0.25) is 0 Å². The van der Waals surface area contributed by atoms with E-state index in [1.165, 1.54) is 12.1 Å². The van der Waals surface area contributed by atoms with Crippen LogP contribution in [0.1, 0.15) is 30.6 Å². The summed E-state index contributed by atoms with van der Waals surface area (Å²) in [5.41, 5.74) is 0.584. The number of rotatable bonds is 9. The van der Waals surface area contributed by atoms with Crippen molar-refractivity contribution in [1.82, 2.24) is 0 Å². The van der Waals surface area contributed by atoms with Crippen molar-refractivity contribution < 1.29 is 14.5 Å². The highest BCUT2D eigenvalue weighted by atomic mass is 16.6. The van der Waals surface area contributed by atoms with Crippen molar-refractivity contribution in [2.45, 2.75) is 20.3 Å². The number of hydrogen-bond donors (Lipinski definition) is 1. The molecule has 0 fully saturated rings. The summed E-state index contributed by atoms with van der Waals surface area (Å²) in [6.07, 6.45) is 1.58. The Bertz CT molecular complexity index is 460. The van der Waals surface area contributed by atoms with Crippen LogP contribution in [0.25, 0.3) is 0 Å². The summed E-state index contributed by atoms with van der Waals surface area (Å²) in [4.78, 5) is 21.0. The average molecular weight is 280 g/mol. The number of anilines is 1. The summed E-state index contributed by atoms with van der Waals surface area (Å²) >= 11 is 0. The Kier molecular flexibility index (Phi) is 6.66. The summed E-state index contributed by atoms with van der Waals surface area (Å²) in [7, 11) is 0. The van der Waals surface area contributed by atoms with Crippen LogP contribution in [-0.4, -0.2) is 31.0 Å². The molecule has 6 heteroatoms. The standard InChI is InChI=1S/C14H20N2O4/c1-11(2)5-7-20-8-6-15-13-4-3-12(10-17)9-14(13)16(18)19/h3-4,9-11,15H,5-8H2,1-2H3. The summed E-state index contributed by atoms with van der Waals surface area (Å²) in [5.74, 6) is 0.597. The number of benzene rings is 1. The molecule has 1 N–H and O–H groups in total. The first-order valence-corrected chi connectivity index (χ1v) is 6.60. The first kappa shape index (κ1) is 16.1. The number of nitrogens with zero attached hydrogens (tertiary/aromatic N) is 1. The molecule has 0 bridgehead atoms. The van der Waals surface area contributed by atoms with Crippen molar-refractivity contribution in [2.24, 2.45) is 5.92 Å². The van der Waals surface area contributed by atoms with Gasteiger partial charge in [0.05, 0.1) is 11.5 Å². The van der Waals surface area contributed by atoms with E-state index in [4.69, 9.17) is 4.74 Å². The maximum atomic E-state index is 10.9. The Balaban J connectivity index is 2.47. The van der Waals surface area contributed by atoms with E-state index >= 15 is 0 Å². The molecule has 0 amide bonds. The predicted molar refractivity (Wildman–Crippen MR) is 77.2 cm³/mol. The van der Waals surface area contributed by atoms with E-state index in [-0.39, 0.29) is 11.3 Å². The normalized spacial score (nSPS) is 10.6. The fourth-order valence-electron chi connectivity index (χ4n) is 1.60. The van der Waals surface area contributed by atoms with Crippen molar-refractivity contribution in [1.29, 1.82) is 0 Å². The lowest BCUT2D eigenvalue weighted by atomic mass is 10.1. The Morgan fingerprint density at radius 1 is 1.40 bits per heavy atom. The summed E-state index contributed by atoms with van der Waals surface area (Å²) in [6.45, 7) is 5.91. The second kappa shape index (κ2) is 8.27. The van der Waals surface area contributed by atoms with Crippen molar-refractivity contribution in [3.8, 4) is 0 Å². The number of carbonyl (C=O) groups is 1. The average Bonchev–Trinajstić information content (AvgIpc) is 2.42. The molecule has 0 spiro atoms. The van der Waals surface area contributed by atoms with E-state index in [9.17, 15) is 14.9 Å². The third kappa shape index (κ3) is 5.36. The van der Waals surface area contributed by atoms with Crippen LogP contribution in [0.4, 0.5) is 11.4 Å². The van der Waals surface area contributed by atoms with Gasteiger partial charge in [0, 0.05) is 24.8 Å². The maximum Gasteiger partial charge on any atom is 0.293 e. The van der Waals surface area contributed by atoms with Crippen molar-refractivity contribution in [2.75, 3.05) is 25.1 Å². The first-order chi connectivity index (χ1) is 9.54. The van der Waals surface area contributed by atoms with Gasteiger partial charge >= 0.3 is 0 Å². The van der Waals surface area contributed by atoms with Crippen molar-refractivity contribution in [3.05, 3.63) is 33.9 Å². The highest BCUT2D eigenvalue weighted by Crippen LogP contribution is 2.24. The Hall–Kier alpha value is -1.95. The molecular formula is C14H20N2O4. The lowest BCUT2D eigenvalue weighted by Crippen LogP contribution is -2.12. The minimum atomic E-state index is -0.505. The number of ether oxygens (including phenoxy) is 1. The minimum absolute atomic E-state index is 0.100. The van der Waals surface area contributed by atoms with Crippen LogP contribution >= 0.6 is 0 Å². The van der Waals surface area contributed by atoms with Crippen LogP contribution in [0.15, 0.2) is 18.2 Å². The highest BCUT2D eigenvalue weighted by molar-refractivity contribution is 5.79. The third-order valence-electron chi connectivity index (χ3n) is 2.76. The molecule has 20 heavy (non-hydrogen) atoms. The molecule has 0 radical (unpaired) electrons. The molecule has 0 aliphatic heterocycles. The molecule has 1 aromatic rings. The summed E-state index contributed by atoms with van der Waals surface area (Å²) in [5, 5.41) is 13.9. The fraction of sp³-hybridized carbons (Fsp3) is 0.500. The van der Waals surface area contributed by atoms with Gasteiger partial charge in [-0.15, -0.1) is 0 Å². The topological polar surface area (TPSA) is 81.5 Å². The molecule has 110 valence electrons. The SMILES string of the molecule is CC(C)CCOCCNc1ccc(C=O)cc1[N+](=O)[O-]. The Morgan fingerprint density at radius 3 is 2.75 bits per heavy atom. The van der Waals surface area contributed by atoms with E-state index in [2.05, 4.69) is 19.2 Å². The van der Waals surface area contributed by atoms with Gasteiger partial charge in [0.25, 0.3) is 5.69 Å². The molecule has 1 aromatic carbocycles. The van der Waals surface area contributed by atoms with Crippen LogP contribution in [0.2, 0.25) is 0 Å². The molecule has 0 saturated carbocycles. The van der Waals surface area contributed by atoms with Gasteiger partial charge in [-0.1, -0.05) is 13.8 Å². The Labute approximate surface area is 118 Å². The number of nitro groups is 1. The number of nitrogens with one attached hydrogen (secondary N) is 1. The monoisotopic (exact) mass is 280 g/mol. The van der Waals surface area contributed by atoms with Gasteiger partial charge in [-0.3, -0.25) is 14.9 Å². The van der Waals surface area contributed by atoms with E-state index in [1.807, 2.05) is 0 Å². The van der Waals surface area contributed by atoms with Crippen LogP contribution in [0.3, 0.4) is 0 Å². The third-order valence-corrected chi connectivity index (χ3v) is 2.76. The lowest BCUT2D eigenvalue weighted by molar-refractivity contribution is -0.384. The van der Waals surface area contributed by atoms with Crippen molar-refractivity contribution in [3.63, 3.8) is 0 Å². The van der Waals surface area contributed by atoms with Crippen LogP contribution < -0.4 is 5.32 Å². The lowest BCUT2D eigenvalue weighted by Gasteiger charge is -2.09. The minimum Gasteiger partial charge on any atom is -0.380 e. The number of hydrogen-bond acceptors (Lipinski definition) is 5. The van der Waals surface area contributed by atoms with Gasteiger partial charge in [0.1, 0.15) is 12.0 Å². The zero-order valence-electron chi connectivity index (χ0n) is 11.8. The van der Waals surface area contributed by atoms with Gasteiger partial charge in [-0.25, -0.2) is 0 Å². The van der Waals surface area contributed by atoms with Gasteiger partial charge in [0.15, 0.2) is 0 Å². The molecular weight excluding hydrogens is 260 g/mol. The predicted octanol–water partition coefficient (Wildman–Crippen LogP) is 2.88. The van der Waals surface area contributed by atoms with E-state index < -0.39 is 4.92 Å². The molecule has 6 nitrogen and oxygen atoms in total. The quantitative estimate of drug-likeness (QED) is 0.325. The van der Waals surface area contributed by atoms with Crippen LogP contribution in [0, 0.1) is 16.0 Å². The second-order valence-corrected chi connectivity index (χ2v) is 4.87. The van der Waals surface area contributed by atoms with E-state index in [1.54, 1.807) is 6.07 Å². The Morgan fingerprint density at radius 2 is 2.15 bits per heavy atom. The molecule has 1 rings (SSSR count). The summed E-state index contributed by atoms with van der Waals surface area (Å²) < 4.78 is 5.42. The van der Waals surface area contributed by atoms with Gasteiger partial charge in [-0.2, -0.15) is 0 Å². The number of carbonyl (C=O) groups excluding carboxylic acids is 1. The zero-order valence-corrected chi connectivity index (χ0v) is 11.8. The molecule has 0 aliphatic carbocycles. The molecule has 0 saturated heterocycles. The van der Waals surface area contributed by atoms with Gasteiger partial charge in [-0.05, 0) is 24.5 Å². The molecule has 0 atom stereocenters. The van der Waals surface area contributed by atoms with E-state index in [0.29, 0.717) is 37.6 Å². The summed E-state index contributed by atoms with van der Waals surface area (Å²) in [6, 6.07) is 4.34. The smallest absolute Gasteiger partial charge is 0.293 e. The zero-order chi connectivity index (χ0) is 15.0. The van der Waals surface area contributed by atoms with Gasteiger partial charge < -0.3 is 10.1 Å². The molecule has 0 heterocycles. The van der Waals surface area contributed by atoms with E-state index in [0.717, 1.165) is 6.42 Å². The van der Waals surface area contributed by atoms with Crippen LogP contribution in [-0.2, 0) is 4.74 Å². The first-order valence-electron chi connectivity index (χ1n) is 6.60. The largest absolute Gasteiger partial charge is 0.380 e.